The van der Waals surface area contributed by atoms with Crippen LogP contribution in [0, 0.1) is 11.6 Å². The largest absolute Gasteiger partial charge is 0.478 e. The first-order chi connectivity index (χ1) is 9.38. The third-order valence-corrected chi connectivity index (χ3v) is 2.45. The van der Waals surface area contributed by atoms with E-state index in [4.69, 9.17) is 5.11 Å². The number of hydrogen-bond donors (Lipinski definition) is 2. The van der Waals surface area contributed by atoms with Crippen LogP contribution in [0.5, 0.6) is 0 Å². The number of amides is 1. The van der Waals surface area contributed by atoms with Crippen LogP contribution in [-0.4, -0.2) is 26.8 Å². The van der Waals surface area contributed by atoms with Crippen molar-refractivity contribution < 1.29 is 23.5 Å². The Morgan fingerprint density at radius 1 is 1.30 bits per heavy atom. The SMILES string of the molecule is Cn1cc(C(=O)O)c(C(=O)Nc2ccc(F)c(F)c2)n1. The van der Waals surface area contributed by atoms with Crippen molar-refractivity contribution in [1.29, 1.82) is 0 Å². The smallest absolute Gasteiger partial charge is 0.339 e. The van der Waals surface area contributed by atoms with E-state index in [1.807, 2.05) is 0 Å². The van der Waals surface area contributed by atoms with Gasteiger partial charge in [-0.25, -0.2) is 13.6 Å². The Morgan fingerprint density at radius 2 is 2.00 bits per heavy atom. The Balaban J connectivity index is 2.28. The number of benzene rings is 1. The maximum absolute atomic E-state index is 13.0. The highest BCUT2D eigenvalue weighted by molar-refractivity contribution is 6.09. The first-order valence-electron chi connectivity index (χ1n) is 5.42. The molecule has 8 heteroatoms. The molecule has 0 atom stereocenters. The molecule has 0 unspecified atom stereocenters. The molecule has 0 saturated heterocycles. The van der Waals surface area contributed by atoms with Gasteiger partial charge in [0, 0.05) is 25.0 Å². The summed E-state index contributed by atoms with van der Waals surface area (Å²) >= 11 is 0. The molecule has 0 aliphatic heterocycles. The van der Waals surface area contributed by atoms with Gasteiger partial charge in [0.1, 0.15) is 5.56 Å². The van der Waals surface area contributed by atoms with Crippen LogP contribution in [0.15, 0.2) is 24.4 Å². The molecular weight excluding hydrogens is 272 g/mol. The maximum atomic E-state index is 13.0. The highest BCUT2D eigenvalue weighted by atomic mass is 19.2. The average Bonchev–Trinajstić information content (AvgIpc) is 2.76. The van der Waals surface area contributed by atoms with Gasteiger partial charge in [-0.15, -0.1) is 0 Å². The number of aromatic nitrogens is 2. The summed E-state index contributed by atoms with van der Waals surface area (Å²) in [4.78, 5) is 22.8. The average molecular weight is 281 g/mol. The summed E-state index contributed by atoms with van der Waals surface area (Å²) < 4.78 is 26.9. The van der Waals surface area contributed by atoms with E-state index in [-0.39, 0.29) is 16.9 Å². The Kier molecular flexibility index (Phi) is 3.47. The highest BCUT2D eigenvalue weighted by Gasteiger charge is 2.21. The van der Waals surface area contributed by atoms with Crippen LogP contribution in [0.2, 0.25) is 0 Å². The van der Waals surface area contributed by atoms with Crippen LogP contribution in [0.3, 0.4) is 0 Å². The summed E-state index contributed by atoms with van der Waals surface area (Å²) in [5.74, 6) is -4.31. The monoisotopic (exact) mass is 281 g/mol. The van der Waals surface area contributed by atoms with Crippen molar-refractivity contribution in [2.75, 3.05) is 5.32 Å². The Labute approximate surface area is 111 Å². The van der Waals surface area contributed by atoms with Crippen molar-refractivity contribution in [2.24, 2.45) is 7.05 Å². The number of aromatic carboxylic acids is 1. The number of carboxylic acids is 1. The number of nitrogens with one attached hydrogen (secondary N) is 1. The maximum Gasteiger partial charge on any atom is 0.339 e. The fourth-order valence-corrected chi connectivity index (χ4v) is 1.58. The molecule has 6 nitrogen and oxygen atoms in total. The third kappa shape index (κ3) is 2.63. The van der Waals surface area contributed by atoms with E-state index >= 15 is 0 Å². The van der Waals surface area contributed by atoms with Crippen molar-refractivity contribution in [3.05, 3.63) is 47.3 Å². The van der Waals surface area contributed by atoms with Crippen molar-refractivity contribution in [1.82, 2.24) is 9.78 Å². The summed E-state index contributed by atoms with van der Waals surface area (Å²) in [6, 6.07) is 2.79. The third-order valence-electron chi connectivity index (χ3n) is 2.45. The van der Waals surface area contributed by atoms with Gasteiger partial charge in [0.2, 0.25) is 0 Å². The predicted octanol–water partition coefficient (Wildman–Crippen LogP) is 1.65. The first kappa shape index (κ1) is 13.7. The molecule has 20 heavy (non-hydrogen) atoms. The van der Waals surface area contributed by atoms with Crippen molar-refractivity contribution >= 4 is 17.6 Å². The van der Waals surface area contributed by atoms with Crippen LogP contribution in [-0.2, 0) is 7.05 Å². The second-order valence-electron chi connectivity index (χ2n) is 3.95. The lowest BCUT2D eigenvalue weighted by molar-refractivity contribution is 0.0692. The van der Waals surface area contributed by atoms with Crippen LogP contribution in [0.25, 0.3) is 0 Å². The molecule has 0 fully saturated rings. The zero-order chi connectivity index (χ0) is 14.9. The normalized spacial score (nSPS) is 10.3. The number of hydrogen-bond acceptors (Lipinski definition) is 3. The number of carboxylic acid groups (broad SMARTS) is 1. The zero-order valence-electron chi connectivity index (χ0n) is 10.2. The van der Waals surface area contributed by atoms with Crippen molar-refractivity contribution in [2.45, 2.75) is 0 Å². The standard InChI is InChI=1S/C12H9F2N3O3/c1-17-5-7(12(19)20)10(16-17)11(18)15-6-2-3-8(13)9(14)4-6/h2-5H,1H3,(H,15,18)(H,19,20). The fourth-order valence-electron chi connectivity index (χ4n) is 1.58. The van der Waals surface area contributed by atoms with E-state index in [1.165, 1.54) is 17.9 Å². The second kappa shape index (κ2) is 5.08. The molecule has 0 aliphatic rings. The Hall–Kier alpha value is -2.77. The molecule has 1 amide bonds. The highest BCUT2D eigenvalue weighted by Crippen LogP contribution is 2.15. The minimum absolute atomic E-state index is 0.00380. The van der Waals surface area contributed by atoms with Gasteiger partial charge < -0.3 is 10.4 Å². The molecular formula is C12H9F2N3O3. The number of carbonyl (C=O) groups excluding carboxylic acids is 1. The van der Waals surface area contributed by atoms with E-state index < -0.39 is 23.5 Å². The summed E-state index contributed by atoms with van der Waals surface area (Å²) in [6.07, 6.45) is 1.17. The van der Waals surface area contributed by atoms with E-state index in [2.05, 4.69) is 10.4 Å². The van der Waals surface area contributed by atoms with Crippen LogP contribution in [0.4, 0.5) is 14.5 Å². The van der Waals surface area contributed by atoms with E-state index in [9.17, 15) is 18.4 Å². The number of aryl methyl sites for hydroxylation is 1. The summed E-state index contributed by atoms with van der Waals surface area (Å²) in [7, 11) is 1.46. The molecule has 0 radical (unpaired) electrons. The van der Waals surface area contributed by atoms with Gasteiger partial charge >= 0.3 is 5.97 Å². The number of nitrogens with zero attached hydrogens (tertiary/aromatic N) is 2. The minimum Gasteiger partial charge on any atom is -0.478 e. The quantitative estimate of drug-likeness (QED) is 0.896. The van der Waals surface area contributed by atoms with E-state index in [0.717, 1.165) is 18.2 Å². The van der Waals surface area contributed by atoms with E-state index in [0.29, 0.717) is 0 Å². The Bertz CT molecular complexity index is 697. The predicted molar refractivity (Wildman–Crippen MR) is 64.5 cm³/mol. The number of anilines is 1. The lowest BCUT2D eigenvalue weighted by atomic mass is 10.2. The molecule has 0 aliphatic carbocycles. The molecule has 1 heterocycles. The summed E-state index contributed by atoms with van der Waals surface area (Å²) in [5.41, 5.74) is -0.604. The molecule has 0 bridgehead atoms. The van der Waals surface area contributed by atoms with Gasteiger partial charge in [-0.05, 0) is 12.1 Å². The van der Waals surface area contributed by atoms with Gasteiger partial charge in [0.05, 0.1) is 0 Å². The van der Waals surface area contributed by atoms with Gasteiger partial charge in [0.25, 0.3) is 5.91 Å². The van der Waals surface area contributed by atoms with Gasteiger partial charge in [0.15, 0.2) is 17.3 Å². The molecule has 0 spiro atoms. The van der Waals surface area contributed by atoms with E-state index in [1.54, 1.807) is 0 Å². The van der Waals surface area contributed by atoms with Crippen LogP contribution in [0.1, 0.15) is 20.8 Å². The first-order valence-corrected chi connectivity index (χ1v) is 5.42. The molecule has 2 rings (SSSR count). The van der Waals surface area contributed by atoms with Crippen LogP contribution < -0.4 is 5.32 Å². The topological polar surface area (TPSA) is 84.2 Å². The Morgan fingerprint density at radius 3 is 2.60 bits per heavy atom. The van der Waals surface area contributed by atoms with Crippen molar-refractivity contribution in [3.63, 3.8) is 0 Å². The zero-order valence-corrected chi connectivity index (χ0v) is 10.2. The minimum atomic E-state index is -1.31. The van der Waals surface area contributed by atoms with Crippen molar-refractivity contribution in [3.8, 4) is 0 Å². The lowest BCUT2D eigenvalue weighted by Gasteiger charge is -2.04. The molecule has 2 N–H and O–H groups in total. The lowest BCUT2D eigenvalue weighted by Crippen LogP contribution is -2.16. The van der Waals surface area contributed by atoms with Gasteiger partial charge in [-0.2, -0.15) is 5.10 Å². The summed E-state index contributed by atoms with van der Waals surface area (Å²) in [6.45, 7) is 0. The second-order valence-corrected chi connectivity index (χ2v) is 3.95. The molecule has 0 saturated carbocycles. The van der Waals surface area contributed by atoms with Crippen LogP contribution >= 0.6 is 0 Å². The molecule has 1 aromatic heterocycles. The number of rotatable bonds is 3. The molecule has 104 valence electrons. The molecule has 2 aromatic rings. The number of halogens is 2. The number of carbonyl (C=O) groups is 2. The van der Waals surface area contributed by atoms with Gasteiger partial charge in [-0.1, -0.05) is 0 Å². The summed E-state index contributed by atoms with van der Waals surface area (Å²) in [5, 5.41) is 14.9. The van der Waals surface area contributed by atoms with Gasteiger partial charge in [-0.3, -0.25) is 9.48 Å². The molecule has 1 aromatic carbocycles. The fraction of sp³-hybridized carbons (Fsp3) is 0.0833.